The largest absolute Gasteiger partial charge is 0.316 e. The van der Waals surface area contributed by atoms with Crippen LogP contribution in [0.1, 0.15) is 18.4 Å². The highest BCUT2D eigenvalue weighted by molar-refractivity contribution is 5.94. The number of likely N-dealkylation sites (N-methyl/N-ethyl adjacent to an activating group) is 1. The van der Waals surface area contributed by atoms with Crippen LogP contribution in [0.15, 0.2) is 60.7 Å². The van der Waals surface area contributed by atoms with Crippen molar-refractivity contribution in [2.75, 3.05) is 31.6 Å². The van der Waals surface area contributed by atoms with E-state index in [4.69, 9.17) is 0 Å². The van der Waals surface area contributed by atoms with E-state index in [-0.39, 0.29) is 5.91 Å². The first kappa shape index (κ1) is 17.6. The standard InChI is InChI=1S/C21H27N3O/c1-22-19-11-8-14-23(16-19)17-21(25)24(20-12-6-3-7-13-20)15-18-9-4-2-5-10-18/h2-7,9-10,12-13,19,22H,8,11,14-17H2,1H3. The lowest BCUT2D eigenvalue weighted by molar-refractivity contribution is -0.120. The molecule has 1 fully saturated rings. The number of nitrogens with zero attached hydrogens (tertiary/aromatic N) is 2. The Morgan fingerprint density at radius 3 is 2.48 bits per heavy atom. The van der Waals surface area contributed by atoms with Crippen LogP contribution in [0.3, 0.4) is 0 Å². The first-order valence-electron chi connectivity index (χ1n) is 9.05. The summed E-state index contributed by atoms with van der Waals surface area (Å²) in [5, 5.41) is 3.34. The number of rotatable bonds is 6. The first-order chi connectivity index (χ1) is 12.3. The van der Waals surface area contributed by atoms with E-state index in [0.717, 1.165) is 30.8 Å². The molecule has 0 aromatic heterocycles. The van der Waals surface area contributed by atoms with Crippen molar-refractivity contribution in [1.82, 2.24) is 10.2 Å². The van der Waals surface area contributed by atoms with Gasteiger partial charge in [0.2, 0.25) is 5.91 Å². The minimum absolute atomic E-state index is 0.159. The highest BCUT2D eigenvalue weighted by Gasteiger charge is 2.23. The number of likely N-dealkylation sites (tertiary alicyclic amines) is 1. The van der Waals surface area contributed by atoms with Crippen molar-refractivity contribution in [3.05, 3.63) is 66.2 Å². The van der Waals surface area contributed by atoms with Gasteiger partial charge in [-0.1, -0.05) is 48.5 Å². The van der Waals surface area contributed by atoms with Crippen LogP contribution in [0.2, 0.25) is 0 Å². The van der Waals surface area contributed by atoms with Gasteiger partial charge >= 0.3 is 0 Å². The third kappa shape index (κ3) is 4.91. The van der Waals surface area contributed by atoms with Crippen molar-refractivity contribution in [3.8, 4) is 0 Å². The van der Waals surface area contributed by atoms with Gasteiger partial charge in [-0.25, -0.2) is 0 Å². The number of anilines is 1. The molecule has 1 atom stereocenters. The van der Waals surface area contributed by atoms with Gasteiger partial charge in [-0.15, -0.1) is 0 Å². The van der Waals surface area contributed by atoms with Gasteiger partial charge in [0.05, 0.1) is 13.1 Å². The lowest BCUT2D eigenvalue weighted by Gasteiger charge is -2.33. The SMILES string of the molecule is CNC1CCCN(CC(=O)N(Cc2ccccc2)c2ccccc2)C1. The zero-order valence-corrected chi connectivity index (χ0v) is 14.9. The summed E-state index contributed by atoms with van der Waals surface area (Å²) in [4.78, 5) is 17.2. The maximum Gasteiger partial charge on any atom is 0.241 e. The van der Waals surface area contributed by atoms with Gasteiger partial charge in [-0.3, -0.25) is 9.69 Å². The fourth-order valence-electron chi connectivity index (χ4n) is 3.41. The van der Waals surface area contributed by atoms with Crippen LogP contribution in [0.4, 0.5) is 5.69 Å². The fourth-order valence-corrected chi connectivity index (χ4v) is 3.41. The topological polar surface area (TPSA) is 35.6 Å². The predicted molar refractivity (Wildman–Crippen MR) is 103 cm³/mol. The smallest absolute Gasteiger partial charge is 0.241 e. The molecule has 25 heavy (non-hydrogen) atoms. The van der Waals surface area contributed by atoms with Gasteiger partial charge in [-0.2, -0.15) is 0 Å². The summed E-state index contributed by atoms with van der Waals surface area (Å²) < 4.78 is 0. The highest BCUT2D eigenvalue weighted by Crippen LogP contribution is 2.18. The molecule has 1 N–H and O–H groups in total. The van der Waals surface area contributed by atoms with Crippen LogP contribution in [-0.4, -0.2) is 43.5 Å². The molecule has 1 amide bonds. The summed E-state index contributed by atoms with van der Waals surface area (Å²) in [6.07, 6.45) is 2.33. The summed E-state index contributed by atoms with van der Waals surface area (Å²) in [6.45, 7) is 3.01. The Morgan fingerprint density at radius 2 is 1.80 bits per heavy atom. The van der Waals surface area contributed by atoms with E-state index in [9.17, 15) is 4.79 Å². The quantitative estimate of drug-likeness (QED) is 0.880. The Hall–Kier alpha value is -2.17. The molecule has 1 aliphatic rings. The average molecular weight is 337 g/mol. The molecular weight excluding hydrogens is 310 g/mol. The molecule has 2 aromatic carbocycles. The molecule has 132 valence electrons. The van der Waals surface area contributed by atoms with Gasteiger partial charge in [0, 0.05) is 18.3 Å². The molecule has 0 radical (unpaired) electrons. The lowest BCUT2D eigenvalue weighted by Crippen LogP contribution is -2.48. The van der Waals surface area contributed by atoms with Crippen molar-refractivity contribution in [2.45, 2.75) is 25.4 Å². The zero-order valence-electron chi connectivity index (χ0n) is 14.9. The Kier molecular flexibility index (Phi) is 6.20. The molecule has 1 unspecified atom stereocenters. The Balaban J connectivity index is 1.73. The van der Waals surface area contributed by atoms with Crippen LogP contribution in [0, 0.1) is 0 Å². The number of benzene rings is 2. The minimum atomic E-state index is 0.159. The number of hydrogen-bond acceptors (Lipinski definition) is 3. The molecule has 4 heteroatoms. The summed E-state index contributed by atoms with van der Waals surface area (Å²) in [5.74, 6) is 0.159. The third-order valence-corrected chi connectivity index (χ3v) is 4.83. The second-order valence-electron chi connectivity index (χ2n) is 6.66. The van der Waals surface area contributed by atoms with E-state index in [0.29, 0.717) is 19.1 Å². The van der Waals surface area contributed by atoms with Crippen LogP contribution >= 0.6 is 0 Å². The van der Waals surface area contributed by atoms with Gasteiger partial charge in [0.25, 0.3) is 0 Å². The van der Waals surface area contributed by atoms with Crippen LogP contribution in [0.25, 0.3) is 0 Å². The van der Waals surface area contributed by atoms with E-state index in [1.807, 2.05) is 60.5 Å². The molecule has 1 heterocycles. The summed E-state index contributed by atoms with van der Waals surface area (Å²) in [7, 11) is 2.00. The highest BCUT2D eigenvalue weighted by atomic mass is 16.2. The third-order valence-electron chi connectivity index (χ3n) is 4.83. The van der Waals surface area contributed by atoms with Crippen molar-refractivity contribution in [2.24, 2.45) is 0 Å². The normalized spacial score (nSPS) is 18.0. The number of hydrogen-bond donors (Lipinski definition) is 1. The second-order valence-corrected chi connectivity index (χ2v) is 6.66. The molecule has 4 nitrogen and oxygen atoms in total. The summed E-state index contributed by atoms with van der Waals surface area (Å²) in [6, 6.07) is 20.6. The van der Waals surface area contributed by atoms with Crippen molar-refractivity contribution < 1.29 is 4.79 Å². The summed E-state index contributed by atoms with van der Waals surface area (Å²) in [5.41, 5.74) is 2.10. The molecule has 1 aliphatic heterocycles. The number of para-hydroxylation sites is 1. The number of amides is 1. The zero-order chi connectivity index (χ0) is 17.5. The van der Waals surface area contributed by atoms with E-state index in [1.165, 1.54) is 6.42 Å². The Bertz CT molecular complexity index is 659. The van der Waals surface area contributed by atoms with Gasteiger partial charge in [-0.05, 0) is 44.1 Å². The molecule has 1 saturated heterocycles. The molecule has 0 spiro atoms. The molecule has 0 saturated carbocycles. The predicted octanol–water partition coefficient (Wildman–Crippen LogP) is 2.90. The fraction of sp³-hybridized carbons (Fsp3) is 0.381. The second kappa shape index (κ2) is 8.79. The van der Waals surface area contributed by atoms with Crippen molar-refractivity contribution >= 4 is 11.6 Å². The van der Waals surface area contributed by atoms with Crippen molar-refractivity contribution in [3.63, 3.8) is 0 Å². The van der Waals surface area contributed by atoms with Gasteiger partial charge < -0.3 is 10.2 Å². The molecule has 3 rings (SSSR count). The average Bonchev–Trinajstić information content (AvgIpc) is 2.67. The van der Waals surface area contributed by atoms with Gasteiger partial charge in [0.15, 0.2) is 0 Å². The van der Waals surface area contributed by atoms with E-state index in [1.54, 1.807) is 0 Å². The summed E-state index contributed by atoms with van der Waals surface area (Å²) >= 11 is 0. The minimum Gasteiger partial charge on any atom is -0.316 e. The van der Waals surface area contributed by atoms with E-state index < -0.39 is 0 Å². The number of carbonyl (C=O) groups excluding carboxylic acids is 1. The van der Waals surface area contributed by atoms with Crippen LogP contribution in [0.5, 0.6) is 0 Å². The monoisotopic (exact) mass is 337 g/mol. The number of nitrogens with one attached hydrogen (secondary N) is 1. The lowest BCUT2D eigenvalue weighted by atomic mass is 10.1. The molecule has 0 aliphatic carbocycles. The van der Waals surface area contributed by atoms with E-state index in [2.05, 4.69) is 22.3 Å². The maximum absolute atomic E-state index is 13.1. The molecular formula is C21H27N3O. The van der Waals surface area contributed by atoms with Crippen molar-refractivity contribution in [1.29, 1.82) is 0 Å². The maximum atomic E-state index is 13.1. The van der Waals surface area contributed by atoms with E-state index >= 15 is 0 Å². The molecule has 0 bridgehead atoms. The Labute approximate surface area is 150 Å². The van der Waals surface area contributed by atoms with Crippen LogP contribution < -0.4 is 10.2 Å². The Morgan fingerprint density at radius 1 is 1.12 bits per heavy atom. The van der Waals surface area contributed by atoms with Gasteiger partial charge in [0.1, 0.15) is 0 Å². The first-order valence-corrected chi connectivity index (χ1v) is 9.05. The number of carbonyl (C=O) groups is 1. The van der Waals surface area contributed by atoms with Crippen LogP contribution in [-0.2, 0) is 11.3 Å². The molecule has 2 aromatic rings. The number of piperidine rings is 1.